The summed E-state index contributed by atoms with van der Waals surface area (Å²) >= 11 is 1.69. The van der Waals surface area contributed by atoms with Gasteiger partial charge < -0.3 is 20.9 Å². The summed E-state index contributed by atoms with van der Waals surface area (Å²) in [5, 5.41) is 3.78. The second kappa shape index (κ2) is 10.1. The molecule has 3 heterocycles. The summed E-state index contributed by atoms with van der Waals surface area (Å²) < 4.78 is 1.13. The van der Waals surface area contributed by atoms with Crippen molar-refractivity contribution in [2.45, 2.75) is 45.7 Å². The van der Waals surface area contributed by atoms with Crippen molar-refractivity contribution in [2.75, 3.05) is 31.7 Å². The molecule has 0 saturated carbocycles. The first kappa shape index (κ1) is 24.1. The van der Waals surface area contributed by atoms with Gasteiger partial charge in [-0.3, -0.25) is 9.59 Å². The predicted molar refractivity (Wildman–Crippen MR) is 137 cm³/mol. The molecule has 1 fully saturated rings. The first-order chi connectivity index (χ1) is 16.2. The molecule has 9 heteroatoms. The molecule has 1 saturated heterocycles. The number of aromatic nitrogens is 2. The molecule has 2 atom stereocenters. The Balaban J connectivity index is 1.56. The van der Waals surface area contributed by atoms with E-state index in [0.29, 0.717) is 30.4 Å². The molecule has 2 aromatic heterocycles. The zero-order chi connectivity index (χ0) is 24.4. The van der Waals surface area contributed by atoms with Crippen molar-refractivity contribution in [1.29, 1.82) is 0 Å². The largest absolute Gasteiger partial charge is 0.383 e. The van der Waals surface area contributed by atoms with Gasteiger partial charge in [0.1, 0.15) is 10.8 Å². The maximum atomic E-state index is 13.3. The van der Waals surface area contributed by atoms with Crippen LogP contribution in [0.15, 0.2) is 30.5 Å². The van der Waals surface area contributed by atoms with E-state index in [2.05, 4.69) is 40.3 Å². The smallest absolute Gasteiger partial charge is 0.313 e. The number of carbonyl (C=O) groups is 2. The number of anilines is 2. The van der Waals surface area contributed by atoms with E-state index in [0.717, 1.165) is 45.7 Å². The number of nitrogen functional groups attached to an aromatic ring is 1. The number of likely N-dealkylation sites (tertiary alicyclic amines) is 1. The normalized spacial score (nSPS) is 18.4. The molecule has 0 bridgehead atoms. The van der Waals surface area contributed by atoms with E-state index in [9.17, 15) is 9.59 Å². The van der Waals surface area contributed by atoms with Crippen LogP contribution in [0.3, 0.4) is 0 Å². The molecule has 3 N–H and O–H groups in total. The highest BCUT2D eigenvalue weighted by atomic mass is 32.1. The van der Waals surface area contributed by atoms with Crippen LogP contribution >= 0.6 is 11.3 Å². The molecule has 0 aliphatic carbocycles. The highest BCUT2D eigenvalue weighted by Crippen LogP contribution is 2.35. The van der Waals surface area contributed by atoms with Crippen LogP contribution in [0.2, 0.25) is 0 Å². The van der Waals surface area contributed by atoms with E-state index in [-0.39, 0.29) is 6.04 Å². The number of thiazole rings is 1. The molecule has 0 spiro atoms. The number of nitrogens with one attached hydrogen (secondary N) is 1. The minimum absolute atomic E-state index is 0.159. The minimum Gasteiger partial charge on any atom is -0.383 e. The van der Waals surface area contributed by atoms with Crippen LogP contribution in [0.4, 0.5) is 11.5 Å². The average Bonchev–Trinajstić information content (AvgIpc) is 3.20. The summed E-state index contributed by atoms with van der Waals surface area (Å²) in [7, 11) is 4.05. The van der Waals surface area contributed by atoms with Gasteiger partial charge in [-0.1, -0.05) is 19.9 Å². The molecule has 180 valence electrons. The maximum Gasteiger partial charge on any atom is 0.313 e. The third-order valence-corrected chi connectivity index (χ3v) is 7.23. The lowest BCUT2D eigenvalue weighted by Crippen LogP contribution is -2.46. The predicted octanol–water partition coefficient (Wildman–Crippen LogP) is 3.84. The lowest BCUT2D eigenvalue weighted by molar-refractivity contribution is -0.146. The topological polar surface area (TPSA) is 104 Å². The van der Waals surface area contributed by atoms with Gasteiger partial charge in [0, 0.05) is 13.1 Å². The van der Waals surface area contributed by atoms with Gasteiger partial charge in [-0.25, -0.2) is 9.97 Å². The van der Waals surface area contributed by atoms with Crippen LogP contribution in [0.1, 0.15) is 48.9 Å². The Morgan fingerprint density at radius 2 is 2.06 bits per heavy atom. The number of aryl methyl sites for hydroxylation is 1. The van der Waals surface area contributed by atoms with E-state index in [1.165, 1.54) is 6.20 Å². The highest BCUT2D eigenvalue weighted by molar-refractivity contribution is 7.18. The quantitative estimate of drug-likeness (QED) is 0.538. The lowest BCUT2D eigenvalue weighted by atomic mass is 9.89. The van der Waals surface area contributed by atoms with Crippen LogP contribution < -0.4 is 11.1 Å². The summed E-state index contributed by atoms with van der Waals surface area (Å²) in [5.41, 5.74) is 9.13. The number of hydrogen-bond donors (Lipinski definition) is 2. The average molecular weight is 481 g/mol. The van der Waals surface area contributed by atoms with Crippen LogP contribution in [0, 0.1) is 5.92 Å². The number of piperidine rings is 1. The number of fused-ring (bicyclic) bond motifs is 1. The molecule has 2 amide bonds. The summed E-state index contributed by atoms with van der Waals surface area (Å²) in [4.78, 5) is 38.9. The van der Waals surface area contributed by atoms with Crippen molar-refractivity contribution >= 4 is 44.9 Å². The maximum absolute atomic E-state index is 13.3. The second-order valence-electron chi connectivity index (χ2n) is 9.30. The summed E-state index contributed by atoms with van der Waals surface area (Å²) in [6.07, 6.45) is 3.98. The van der Waals surface area contributed by atoms with Gasteiger partial charge in [0.15, 0.2) is 0 Å². The van der Waals surface area contributed by atoms with Gasteiger partial charge in [-0.05, 0) is 68.6 Å². The molecular weight excluding hydrogens is 448 g/mol. The number of benzene rings is 1. The second-order valence-corrected chi connectivity index (χ2v) is 10.4. The van der Waals surface area contributed by atoms with E-state index in [4.69, 9.17) is 10.7 Å². The fourth-order valence-electron chi connectivity index (χ4n) is 4.45. The van der Waals surface area contributed by atoms with Crippen LogP contribution in [-0.4, -0.2) is 52.2 Å². The molecule has 1 aliphatic heterocycles. The van der Waals surface area contributed by atoms with Gasteiger partial charge in [0.25, 0.3) is 0 Å². The fourth-order valence-corrected chi connectivity index (χ4v) is 5.51. The SMILES string of the molecule is CCc1cc(NC(=O)C(=O)N2C[C@@H](C)CC[C@@H]2c2ccc3sc(CN(C)C)nc3c2)cnc1N. The number of carbonyl (C=O) groups excluding carboxylic acids is 2. The van der Waals surface area contributed by atoms with Crippen molar-refractivity contribution < 1.29 is 9.59 Å². The molecule has 4 rings (SSSR count). The van der Waals surface area contributed by atoms with Crippen molar-refractivity contribution in [3.63, 3.8) is 0 Å². The number of nitrogens with zero attached hydrogens (tertiary/aromatic N) is 4. The summed E-state index contributed by atoms with van der Waals surface area (Å²) in [5.74, 6) is -0.427. The molecule has 34 heavy (non-hydrogen) atoms. The molecule has 0 radical (unpaired) electrons. The van der Waals surface area contributed by atoms with Crippen LogP contribution in [0.5, 0.6) is 0 Å². The van der Waals surface area contributed by atoms with Crippen molar-refractivity contribution in [2.24, 2.45) is 5.92 Å². The van der Waals surface area contributed by atoms with Crippen molar-refractivity contribution in [1.82, 2.24) is 19.8 Å². The number of amides is 2. The molecule has 3 aromatic rings. The Labute approximate surface area is 204 Å². The summed E-state index contributed by atoms with van der Waals surface area (Å²) in [6.45, 7) is 5.41. The third-order valence-electron chi connectivity index (χ3n) is 6.21. The van der Waals surface area contributed by atoms with Crippen LogP contribution in [0.25, 0.3) is 10.2 Å². The van der Waals surface area contributed by atoms with Gasteiger partial charge >= 0.3 is 11.8 Å². The number of rotatable bonds is 5. The summed E-state index contributed by atoms with van der Waals surface area (Å²) in [6, 6.07) is 7.82. The lowest BCUT2D eigenvalue weighted by Gasteiger charge is -2.38. The first-order valence-corrected chi connectivity index (χ1v) is 12.5. The van der Waals surface area contributed by atoms with Gasteiger partial charge in [0.2, 0.25) is 0 Å². The van der Waals surface area contributed by atoms with E-state index < -0.39 is 11.8 Å². The number of nitrogens with two attached hydrogens (primary N) is 1. The van der Waals surface area contributed by atoms with Gasteiger partial charge in [0.05, 0.1) is 28.1 Å². The Morgan fingerprint density at radius 3 is 2.79 bits per heavy atom. The van der Waals surface area contributed by atoms with Gasteiger partial charge in [-0.2, -0.15) is 0 Å². The van der Waals surface area contributed by atoms with E-state index in [1.807, 2.05) is 21.0 Å². The molecule has 0 unspecified atom stereocenters. The minimum atomic E-state index is -0.657. The molecular formula is C25H32N6O2S. The van der Waals surface area contributed by atoms with E-state index >= 15 is 0 Å². The molecule has 8 nitrogen and oxygen atoms in total. The zero-order valence-corrected chi connectivity index (χ0v) is 21.0. The number of pyridine rings is 1. The van der Waals surface area contributed by atoms with Crippen LogP contribution in [-0.2, 0) is 22.6 Å². The Kier molecular flexibility index (Phi) is 7.13. The Bertz CT molecular complexity index is 1210. The third kappa shape index (κ3) is 5.20. The molecule has 1 aromatic carbocycles. The van der Waals surface area contributed by atoms with Gasteiger partial charge in [-0.15, -0.1) is 11.3 Å². The monoisotopic (exact) mass is 480 g/mol. The zero-order valence-electron chi connectivity index (χ0n) is 20.2. The van der Waals surface area contributed by atoms with Crippen molar-refractivity contribution in [3.8, 4) is 0 Å². The van der Waals surface area contributed by atoms with Crippen molar-refractivity contribution in [3.05, 3.63) is 46.6 Å². The Morgan fingerprint density at radius 1 is 1.26 bits per heavy atom. The molecule has 1 aliphatic rings. The number of hydrogen-bond acceptors (Lipinski definition) is 7. The first-order valence-electron chi connectivity index (χ1n) is 11.7. The van der Waals surface area contributed by atoms with E-state index in [1.54, 1.807) is 22.3 Å². The fraction of sp³-hybridized carbons (Fsp3) is 0.440. The standard InChI is InChI=1S/C25H32N6O2S/c1-5-16-10-18(12-27-23(16)26)28-24(32)25(33)31-13-15(2)6-8-20(31)17-7-9-21-19(11-17)29-22(34-21)14-30(3)4/h7,9-12,15,20H,5-6,8,13-14H2,1-4H3,(H2,26,27)(H,28,32)/t15-,20+/m0/s1. The Hall–Kier alpha value is -3.04. The highest BCUT2D eigenvalue weighted by Gasteiger charge is 2.34.